The fourth-order valence-corrected chi connectivity index (χ4v) is 5.09. The van der Waals surface area contributed by atoms with E-state index in [2.05, 4.69) is 31.5 Å². The van der Waals surface area contributed by atoms with Crippen molar-refractivity contribution < 1.29 is 9.53 Å². The highest BCUT2D eigenvalue weighted by molar-refractivity contribution is 7.99. The van der Waals surface area contributed by atoms with E-state index in [9.17, 15) is 10.1 Å². The van der Waals surface area contributed by atoms with Crippen LogP contribution < -0.4 is 5.32 Å². The van der Waals surface area contributed by atoms with E-state index in [1.165, 1.54) is 24.6 Å². The monoisotopic (exact) mass is 429 g/mol. The second-order valence-electron chi connectivity index (χ2n) is 7.97. The summed E-state index contributed by atoms with van der Waals surface area (Å²) in [7, 11) is 0. The Morgan fingerprint density at radius 2 is 2.10 bits per heavy atom. The Labute approximate surface area is 180 Å². The van der Waals surface area contributed by atoms with Crippen molar-refractivity contribution in [2.75, 3.05) is 17.7 Å². The van der Waals surface area contributed by atoms with Crippen molar-refractivity contribution in [3.63, 3.8) is 0 Å². The molecule has 30 heavy (non-hydrogen) atoms. The molecule has 1 aliphatic heterocycles. The third-order valence-corrected chi connectivity index (χ3v) is 7.01. The number of tetrazole rings is 1. The summed E-state index contributed by atoms with van der Waals surface area (Å²) in [4.78, 5) is 12.8. The molecule has 0 bridgehead atoms. The highest BCUT2D eigenvalue weighted by Crippen LogP contribution is 2.37. The molecule has 2 aromatic heterocycles. The Morgan fingerprint density at radius 3 is 2.80 bits per heavy atom. The second-order valence-corrected chi connectivity index (χ2v) is 8.91. The standard InChI is InChI=1S/C20H27N7O2S/c1-13-14(2)27(15-6-3-4-7-15)19(17(13)10-21)22-18(28)12-30-20-23-24-25-26(20)11-16-8-5-9-29-16/h15-16H,3-9,11-12H2,1-2H3,(H,22,28)/t16-/m1/s1. The number of hydrogen-bond acceptors (Lipinski definition) is 7. The predicted molar refractivity (Wildman–Crippen MR) is 112 cm³/mol. The number of anilines is 1. The molecule has 3 heterocycles. The highest BCUT2D eigenvalue weighted by Gasteiger charge is 2.27. The van der Waals surface area contributed by atoms with Gasteiger partial charge in [0.15, 0.2) is 0 Å². The molecule has 1 saturated heterocycles. The predicted octanol–water partition coefficient (Wildman–Crippen LogP) is 2.99. The molecule has 9 nitrogen and oxygen atoms in total. The summed E-state index contributed by atoms with van der Waals surface area (Å²) in [5.74, 6) is 0.633. The van der Waals surface area contributed by atoms with Gasteiger partial charge in [0.05, 0.1) is 24.0 Å². The van der Waals surface area contributed by atoms with Gasteiger partial charge in [-0.3, -0.25) is 4.79 Å². The Kier molecular flexibility index (Phi) is 6.39. The summed E-state index contributed by atoms with van der Waals surface area (Å²) >= 11 is 1.29. The minimum atomic E-state index is -0.167. The average Bonchev–Trinajstić information content (AvgIpc) is 3.52. The molecule has 0 aromatic carbocycles. The number of amides is 1. The number of ether oxygens (including phenoxy) is 1. The molecule has 2 aliphatic rings. The van der Waals surface area contributed by atoms with Crippen LogP contribution in [0, 0.1) is 25.2 Å². The molecule has 4 rings (SSSR count). The summed E-state index contributed by atoms with van der Waals surface area (Å²) < 4.78 is 9.50. The van der Waals surface area contributed by atoms with Gasteiger partial charge in [-0.05, 0) is 55.5 Å². The zero-order valence-corrected chi connectivity index (χ0v) is 18.2. The van der Waals surface area contributed by atoms with Crippen LogP contribution in [0.25, 0.3) is 0 Å². The van der Waals surface area contributed by atoms with Crippen molar-refractivity contribution in [2.24, 2.45) is 0 Å². The zero-order chi connectivity index (χ0) is 21.1. The summed E-state index contributed by atoms with van der Waals surface area (Å²) in [6.45, 7) is 5.35. The number of nitrogens with one attached hydrogen (secondary N) is 1. The van der Waals surface area contributed by atoms with E-state index in [1.807, 2.05) is 13.8 Å². The van der Waals surface area contributed by atoms with Gasteiger partial charge in [-0.25, -0.2) is 4.68 Å². The van der Waals surface area contributed by atoms with E-state index in [1.54, 1.807) is 4.68 Å². The van der Waals surface area contributed by atoms with Gasteiger partial charge in [-0.15, -0.1) is 5.10 Å². The Morgan fingerprint density at radius 1 is 1.30 bits per heavy atom. The summed E-state index contributed by atoms with van der Waals surface area (Å²) in [5, 5.41) is 25.1. The highest BCUT2D eigenvalue weighted by atomic mass is 32.2. The molecular formula is C20H27N7O2S. The minimum Gasteiger partial charge on any atom is -0.376 e. The molecule has 0 radical (unpaired) electrons. The fraction of sp³-hybridized carbons (Fsp3) is 0.650. The van der Waals surface area contributed by atoms with Gasteiger partial charge in [0.2, 0.25) is 11.1 Å². The average molecular weight is 430 g/mol. The summed E-state index contributed by atoms with van der Waals surface area (Å²) in [6, 6.07) is 2.62. The lowest BCUT2D eigenvalue weighted by Gasteiger charge is -2.19. The molecule has 1 saturated carbocycles. The topological polar surface area (TPSA) is 111 Å². The zero-order valence-electron chi connectivity index (χ0n) is 17.4. The SMILES string of the molecule is Cc1c(C#N)c(NC(=O)CSc2nnnn2C[C@H]2CCCO2)n(C2CCCC2)c1C. The summed E-state index contributed by atoms with van der Waals surface area (Å²) in [5.41, 5.74) is 2.55. The van der Waals surface area contributed by atoms with Gasteiger partial charge in [0.25, 0.3) is 0 Å². The lowest BCUT2D eigenvalue weighted by Crippen LogP contribution is -2.20. The first-order valence-electron chi connectivity index (χ1n) is 10.5. The van der Waals surface area contributed by atoms with Crippen LogP contribution >= 0.6 is 11.8 Å². The van der Waals surface area contributed by atoms with Crippen molar-refractivity contribution in [1.29, 1.82) is 5.26 Å². The van der Waals surface area contributed by atoms with Crippen LogP contribution in [0.1, 0.15) is 61.4 Å². The van der Waals surface area contributed by atoms with Gasteiger partial charge in [-0.1, -0.05) is 24.6 Å². The van der Waals surface area contributed by atoms with Gasteiger partial charge in [0.1, 0.15) is 11.9 Å². The van der Waals surface area contributed by atoms with Crippen molar-refractivity contribution in [3.8, 4) is 6.07 Å². The van der Waals surface area contributed by atoms with Crippen molar-refractivity contribution in [1.82, 2.24) is 24.8 Å². The number of hydrogen-bond donors (Lipinski definition) is 1. The number of nitrogens with zero attached hydrogens (tertiary/aromatic N) is 6. The maximum absolute atomic E-state index is 12.8. The van der Waals surface area contributed by atoms with E-state index in [-0.39, 0.29) is 17.8 Å². The normalized spacial score (nSPS) is 19.3. The molecule has 1 N–H and O–H groups in total. The Bertz CT molecular complexity index is 949. The molecule has 1 amide bonds. The van der Waals surface area contributed by atoms with Crippen LogP contribution in [0.3, 0.4) is 0 Å². The summed E-state index contributed by atoms with van der Waals surface area (Å²) in [6.07, 6.45) is 6.70. The minimum absolute atomic E-state index is 0.125. The van der Waals surface area contributed by atoms with Crippen LogP contribution in [0.2, 0.25) is 0 Å². The van der Waals surface area contributed by atoms with E-state index in [4.69, 9.17) is 4.74 Å². The quantitative estimate of drug-likeness (QED) is 0.674. The number of thioether (sulfide) groups is 1. The number of carbonyl (C=O) groups excluding carboxylic acids is 1. The molecule has 1 atom stereocenters. The molecule has 2 fully saturated rings. The molecular weight excluding hydrogens is 402 g/mol. The lowest BCUT2D eigenvalue weighted by atomic mass is 10.2. The second kappa shape index (κ2) is 9.18. The van der Waals surface area contributed by atoms with Gasteiger partial charge in [0, 0.05) is 18.3 Å². The maximum atomic E-state index is 12.8. The number of rotatable bonds is 7. The first-order chi connectivity index (χ1) is 14.6. The van der Waals surface area contributed by atoms with Crippen molar-refractivity contribution in [2.45, 2.75) is 76.2 Å². The largest absolute Gasteiger partial charge is 0.376 e. The van der Waals surface area contributed by atoms with Gasteiger partial charge >= 0.3 is 0 Å². The number of carbonyl (C=O) groups is 1. The Balaban J connectivity index is 1.44. The van der Waals surface area contributed by atoms with Crippen LogP contribution in [0.15, 0.2) is 5.16 Å². The fourth-order valence-electron chi connectivity index (χ4n) is 4.40. The lowest BCUT2D eigenvalue weighted by molar-refractivity contribution is -0.113. The molecule has 10 heteroatoms. The number of nitriles is 1. The van der Waals surface area contributed by atoms with Crippen LogP contribution in [-0.4, -0.2) is 49.1 Å². The molecule has 0 unspecified atom stereocenters. The first kappa shape index (κ1) is 20.9. The molecule has 2 aromatic rings. The maximum Gasteiger partial charge on any atom is 0.235 e. The smallest absolute Gasteiger partial charge is 0.235 e. The molecule has 160 valence electrons. The molecule has 0 spiro atoms. The molecule has 1 aliphatic carbocycles. The van der Waals surface area contributed by atoms with E-state index >= 15 is 0 Å². The van der Waals surface area contributed by atoms with Crippen LogP contribution in [0.4, 0.5) is 5.82 Å². The van der Waals surface area contributed by atoms with E-state index < -0.39 is 0 Å². The van der Waals surface area contributed by atoms with Crippen LogP contribution in [-0.2, 0) is 16.1 Å². The van der Waals surface area contributed by atoms with Gasteiger partial charge in [-0.2, -0.15) is 5.26 Å². The van der Waals surface area contributed by atoms with Crippen LogP contribution in [0.5, 0.6) is 0 Å². The van der Waals surface area contributed by atoms with Crippen molar-refractivity contribution >= 4 is 23.5 Å². The van der Waals surface area contributed by atoms with Gasteiger partial charge < -0.3 is 14.6 Å². The Hall–Kier alpha value is -2.38. The van der Waals surface area contributed by atoms with E-state index in [0.29, 0.717) is 29.1 Å². The van der Waals surface area contributed by atoms with E-state index in [0.717, 1.165) is 43.5 Å². The first-order valence-corrected chi connectivity index (χ1v) is 11.5. The number of aromatic nitrogens is 5. The third kappa shape index (κ3) is 4.23. The van der Waals surface area contributed by atoms with Crippen molar-refractivity contribution in [3.05, 3.63) is 16.8 Å². The third-order valence-electron chi connectivity index (χ3n) is 6.05.